The Morgan fingerprint density at radius 1 is 1.13 bits per heavy atom. The zero-order valence-electron chi connectivity index (χ0n) is 13.7. The number of hydrogen-bond donors (Lipinski definition) is 0. The summed E-state index contributed by atoms with van der Waals surface area (Å²) in [5, 5.41) is 0. The quantitative estimate of drug-likeness (QED) is 0.435. The minimum Gasteiger partial charge on any atom is -0.748 e. The fourth-order valence-corrected chi connectivity index (χ4v) is 4.99. The second-order valence-electron chi connectivity index (χ2n) is 6.43. The largest absolute Gasteiger partial charge is 0.748 e. The van der Waals surface area contributed by atoms with E-state index in [-0.39, 0.29) is 23.6 Å². The van der Waals surface area contributed by atoms with Crippen LogP contribution >= 0.6 is 0 Å². The van der Waals surface area contributed by atoms with E-state index in [9.17, 15) is 21.4 Å². The van der Waals surface area contributed by atoms with Crippen molar-refractivity contribution in [3.63, 3.8) is 0 Å². The highest BCUT2D eigenvalue weighted by Gasteiger charge is 2.42. The van der Waals surface area contributed by atoms with E-state index in [0.717, 1.165) is 19.5 Å². The van der Waals surface area contributed by atoms with Crippen molar-refractivity contribution in [3.8, 4) is 0 Å². The molecule has 8 nitrogen and oxygen atoms in total. The summed E-state index contributed by atoms with van der Waals surface area (Å²) in [4.78, 5) is 16.2. The van der Waals surface area contributed by atoms with Gasteiger partial charge in [-0.15, -0.1) is 0 Å². The number of rotatable bonds is 7. The minimum atomic E-state index is -4.16. The van der Waals surface area contributed by atoms with Crippen LogP contribution in [0.2, 0.25) is 0 Å². The highest BCUT2D eigenvalue weighted by molar-refractivity contribution is 7.90. The van der Waals surface area contributed by atoms with Gasteiger partial charge in [-0.1, -0.05) is 6.92 Å². The van der Waals surface area contributed by atoms with Crippen LogP contribution < -0.4 is 0 Å². The molecule has 0 amide bonds. The molecular formula is C13H25NO7S2. The average molecular weight is 371 g/mol. The Morgan fingerprint density at radius 3 is 2.00 bits per heavy atom. The van der Waals surface area contributed by atoms with Crippen LogP contribution in [-0.4, -0.2) is 76.5 Å². The van der Waals surface area contributed by atoms with Crippen molar-refractivity contribution in [1.29, 1.82) is 0 Å². The first-order valence-electron chi connectivity index (χ1n) is 7.30. The Bertz CT molecular complexity index is 608. The summed E-state index contributed by atoms with van der Waals surface area (Å²) < 4.78 is 55.5. The number of sulfone groups is 1. The molecule has 0 aromatic carbocycles. The highest BCUT2D eigenvalue weighted by atomic mass is 32.2. The van der Waals surface area contributed by atoms with Crippen molar-refractivity contribution < 1.29 is 35.5 Å². The van der Waals surface area contributed by atoms with Crippen LogP contribution in [0, 0.1) is 11.8 Å². The van der Waals surface area contributed by atoms with Crippen molar-refractivity contribution >= 4 is 26.1 Å². The fourth-order valence-electron chi connectivity index (χ4n) is 3.35. The zero-order valence-corrected chi connectivity index (χ0v) is 15.4. The molecule has 3 unspecified atom stereocenters. The van der Waals surface area contributed by atoms with Crippen molar-refractivity contribution in [3.05, 3.63) is 0 Å². The van der Waals surface area contributed by atoms with E-state index in [1.54, 1.807) is 0 Å². The molecule has 10 heteroatoms. The molecule has 0 spiro atoms. The van der Waals surface area contributed by atoms with Crippen LogP contribution in [0.25, 0.3) is 0 Å². The molecule has 136 valence electrons. The van der Waals surface area contributed by atoms with Crippen molar-refractivity contribution in [2.45, 2.75) is 19.8 Å². The maximum Gasteiger partial charge on any atom is 0.373 e. The molecule has 1 rings (SSSR count). The molecule has 1 aliphatic rings. The maximum absolute atomic E-state index is 11.5. The van der Waals surface area contributed by atoms with Crippen molar-refractivity contribution in [2.24, 2.45) is 11.8 Å². The lowest BCUT2D eigenvalue weighted by molar-refractivity contribution is -0.900. The molecule has 3 atom stereocenters. The summed E-state index contributed by atoms with van der Waals surface area (Å²) in [5.41, 5.74) is 0. The molecule has 0 saturated carbocycles. The third kappa shape index (κ3) is 9.83. The van der Waals surface area contributed by atoms with E-state index in [0.29, 0.717) is 23.4 Å². The molecule has 23 heavy (non-hydrogen) atoms. The van der Waals surface area contributed by atoms with Crippen LogP contribution in [0.4, 0.5) is 0 Å². The molecule has 0 radical (unpaired) electrons. The lowest BCUT2D eigenvalue weighted by atomic mass is 9.96. The van der Waals surface area contributed by atoms with Crippen LogP contribution in [0.1, 0.15) is 19.8 Å². The number of nitrogens with zero attached hydrogens (tertiary/aromatic N) is 1. The van der Waals surface area contributed by atoms with Crippen LogP contribution in [-0.2, 0) is 29.5 Å². The molecule has 1 aliphatic heterocycles. The first-order chi connectivity index (χ1) is 10.4. The Hall–Kier alpha value is -0.800. The van der Waals surface area contributed by atoms with Gasteiger partial charge in [0.2, 0.25) is 0 Å². The molecule has 1 saturated heterocycles. The summed E-state index contributed by atoms with van der Waals surface area (Å²) >= 11 is 0. The number of hydrogen-bond acceptors (Lipinski definition) is 7. The van der Waals surface area contributed by atoms with Gasteiger partial charge in [0.25, 0.3) is 0 Å². The normalized spacial score (nSPS) is 27.8. The third-order valence-electron chi connectivity index (χ3n) is 4.15. The van der Waals surface area contributed by atoms with Crippen LogP contribution in [0.5, 0.6) is 0 Å². The number of likely N-dealkylation sites (tertiary alicyclic amines) is 1. The molecule has 0 N–H and O–H groups in total. The molecule has 0 bridgehead atoms. The van der Waals surface area contributed by atoms with Crippen molar-refractivity contribution in [1.82, 2.24) is 0 Å². The molecular weight excluding hydrogens is 346 g/mol. The van der Waals surface area contributed by atoms with Crippen LogP contribution in [0.3, 0.4) is 0 Å². The highest BCUT2D eigenvalue weighted by Crippen LogP contribution is 2.31. The standard InChI is InChI=1S/C12H25NO5S2.CO2/c1-4-11-8-13(2,6-5-7-20(16,17)18)9-12(11)10-19(3,14)15;2-1-3/h11-12H,4-10H2,1-3H3;. The number of carbonyl (C=O) groups excluding carboxylic acids is 2. The minimum absolute atomic E-state index is 0.129. The van der Waals surface area contributed by atoms with E-state index in [4.69, 9.17) is 9.59 Å². The maximum atomic E-state index is 11.5. The second-order valence-corrected chi connectivity index (χ2v) is 10.1. The Morgan fingerprint density at radius 2 is 1.61 bits per heavy atom. The first kappa shape index (κ1) is 22.2. The second kappa shape index (κ2) is 8.89. The molecule has 0 aromatic heterocycles. The SMILES string of the molecule is CCC1C[N+](C)(CCCS(=O)(=O)[O-])CC1CS(C)(=O)=O.O=C=O. The van der Waals surface area contributed by atoms with Gasteiger partial charge in [0, 0.05) is 30.3 Å². The van der Waals surface area contributed by atoms with Gasteiger partial charge in [-0.2, -0.15) is 9.59 Å². The zero-order chi connectivity index (χ0) is 18.3. The van der Waals surface area contributed by atoms with Crippen molar-refractivity contribution in [2.75, 3.05) is 44.4 Å². The lowest BCUT2D eigenvalue weighted by Gasteiger charge is -2.30. The summed E-state index contributed by atoms with van der Waals surface area (Å²) in [5.74, 6) is 0.329. The monoisotopic (exact) mass is 371 g/mol. The molecule has 1 heterocycles. The molecule has 1 fully saturated rings. The predicted molar refractivity (Wildman–Crippen MR) is 82.0 cm³/mol. The lowest BCUT2D eigenvalue weighted by Crippen LogP contribution is -2.43. The Balaban J connectivity index is 0.00000149. The van der Waals surface area contributed by atoms with Gasteiger partial charge in [0.15, 0.2) is 0 Å². The summed E-state index contributed by atoms with van der Waals surface area (Å²) in [6, 6.07) is 0. The summed E-state index contributed by atoms with van der Waals surface area (Å²) in [7, 11) is -5.14. The molecule has 0 aromatic rings. The van der Waals surface area contributed by atoms with Gasteiger partial charge < -0.3 is 9.04 Å². The van der Waals surface area contributed by atoms with E-state index in [1.165, 1.54) is 6.26 Å². The smallest absolute Gasteiger partial charge is 0.373 e. The van der Waals surface area contributed by atoms with Gasteiger partial charge in [0.1, 0.15) is 9.84 Å². The van der Waals surface area contributed by atoms with E-state index >= 15 is 0 Å². The van der Waals surface area contributed by atoms with Crippen LogP contribution in [0.15, 0.2) is 0 Å². The third-order valence-corrected chi connectivity index (χ3v) is 5.97. The van der Waals surface area contributed by atoms with E-state index in [2.05, 4.69) is 6.92 Å². The van der Waals surface area contributed by atoms with Gasteiger partial charge in [0.05, 0.1) is 42.6 Å². The number of quaternary nitrogens is 1. The van der Waals surface area contributed by atoms with Gasteiger partial charge in [-0.25, -0.2) is 16.8 Å². The van der Waals surface area contributed by atoms with Gasteiger partial charge >= 0.3 is 6.15 Å². The van der Waals surface area contributed by atoms with E-state index in [1.807, 2.05) is 7.05 Å². The fraction of sp³-hybridized carbons (Fsp3) is 0.923. The Kier molecular flexibility index (Phi) is 8.58. The predicted octanol–water partition coefficient (Wildman–Crippen LogP) is -0.515. The van der Waals surface area contributed by atoms with Gasteiger partial charge in [-0.05, 0) is 6.42 Å². The average Bonchev–Trinajstić information content (AvgIpc) is 2.62. The first-order valence-corrected chi connectivity index (χ1v) is 10.9. The van der Waals surface area contributed by atoms with E-state index < -0.39 is 20.0 Å². The summed E-state index contributed by atoms with van der Waals surface area (Å²) in [6.45, 7) is 4.26. The Labute approximate surface area is 138 Å². The van der Waals surface area contributed by atoms with Gasteiger partial charge in [-0.3, -0.25) is 0 Å². The summed E-state index contributed by atoms with van der Waals surface area (Å²) in [6.07, 6.45) is 2.77. The topological polar surface area (TPSA) is 125 Å². The molecule has 0 aliphatic carbocycles.